The predicted molar refractivity (Wildman–Crippen MR) is 134 cm³/mol. The highest BCUT2D eigenvalue weighted by Crippen LogP contribution is 2.12. The second kappa shape index (κ2) is 17.4. The molecule has 2 amide bonds. The predicted octanol–water partition coefficient (Wildman–Crippen LogP) is 5.39. The molecule has 0 atom stereocenters. The minimum Gasteiger partial charge on any atom is -0.466 e. The fourth-order valence-electron chi connectivity index (χ4n) is 3.47. The summed E-state index contributed by atoms with van der Waals surface area (Å²) in [6.45, 7) is 4.58. The Bertz CT molecular complexity index is 778. The Morgan fingerprint density at radius 1 is 0.818 bits per heavy atom. The molecule has 0 saturated carbocycles. The van der Waals surface area contributed by atoms with Gasteiger partial charge in [0.15, 0.2) is 0 Å². The number of anilines is 1. The molecule has 0 spiro atoms. The van der Waals surface area contributed by atoms with Gasteiger partial charge < -0.3 is 15.4 Å². The molecule has 1 rings (SSSR count). The Labute approximate surface area is 200 Å². The average Bonchev–Trinajstić information content (AvgIpc) is 2.77. The molecule has 2 N–H and O–H groups in total. The van der Waals surface area contributed by atoms with Crippen molar-refractivity contribution in [3.63, 3.8) is 0 Å². The molecule has 0 aliphatic carbocycles. The van der Waals surface area contributed by atoms with Gasteiger partial charge in [-0.15, -0.1) is 0 Å². The Morgan fingerprint density at radius 2 is 1.36 bits per heavy atom. The zero-order valence-corrected chi connectivity index (χ0v) is 21.2. The monoisotopic (exact) mass is 482 g/mol. The smallest absolute Gasteiger partial charge is 0.319 e. The number of hydrogen-bond donors (Lipinski definition) is 2. The number of benzene rings is 1. The summed E-state index contributed by atoms with van der Waals surface area (Å²) in [4.78, 5) is 23.1. The summed E-state index contributed by atoms with van der Waals surface area (Å²) in [5.41, 5.74) is 1.82. The summed E-state index contributed by atoms with van der Waals surface area (Å²) >= 11 is 0. The number of nitrogens with one attached hydrogen (secondary N) is 2. The van der Waals surface area contributed by atoms with Gasteiger partial charge in [-0.2, -0.15) is 0 Å². The van der Waals surface area contributed by atoms with Gasteiger partial charge in [-0.25, -0.2) is 13.2 Å². The van der Waals surface area contributed by atoms with Gasteiger partial charge in [0.25, 0.3) is 0 Å². The first kappa shape index (κ1) is 28.9. The molecule has 0 saturated heterocycles. The third-order valence-corrected chi connectivity index (χ3v) is 7.19. The molecule has 8 heteroatoms. The molecule has 0 fully saturated rings. The van der Waals surface area contributed by atoms with Crippen LogP contribution in [0.1, 0.15) is 83.1 Å². The van der Waals surface area contributed by atoms with E-state index < -0.39 is 9.84 Å². The van der Waals surface area contributed by atoms with E-state index in [1.54, 1.807) is 0 Å². The maximum atomic E-state index is 12.2. The average molecular weight is 483 g/mol. The van der Waals surface area contributed by atoms with Gasteiger partial charge in [0.05, 0.1) is 18.1 Å². The highest BCUT2D eigenvalue weighted by Gasteiger charge is 2.10. The lowest BCUT2D eigenvalue weighted by Gasteiger charge is -2.08. The number of rotatable bonds is 18. The van der Waals surface area contributed by atoms with E-state index in [1.807, 2.05) is 38.1 Å². The number of unbranched alkanes of at least 4 members (excludes halogenated alkanes) is 8. The summed E-state index contributed by atoms with van der Waals surface area (Å²) in [5.74, 6) is 0.215. The first-order chi connectivity index (χ1) is 15.8. The number of carbonyl (C=O) groups excluding carboxylic acids is 2. The van der Waals surface area contributed by atoms with Crippen LogP contribution in [0, 0.1) is 6.92 Å². The van der Waals surface area contributed by atoms with Crippen LogP contribution in [-0.2, 0) is 19.4 Å². The van der Waals surface area contributed by atoms with E-state index in [-0.39, 0.29) is 23.5 Å². The standard InChI is InChI=1S/C25H42N2O5S/c1-3-32-24(28)14-11-9-7-5-4-6-8-10-12-20-33(30,31)21-13-19-26-25(29)27-23-17-15-22(2)16-18-23/h15-18H,3-14,19-21H2,1-2H3,(H2,26,27,29). The highest BCUT2D eigenvalue weighted by atomic mass is 32.2. The molecule has 0 unspecified atom stereocenters. The molecule has 0 radical (unpaired) electrons. The number of sulfone groups is 1. The minimum atomic E-state index is -3.07. The normalized spacial score (nSPS) is 11.2. The zero-order valence-electron chi connectivity index (χ0n) is 20.4. The Hall–Kier alpha value is -2.09. The summed E-state index contributed by atoms with van der Waals surface area (Å²) in [6, 6.07) is 7.16. The fourth-order valence-corrected chi connectivity index (χ4v) is 4.90. The van der Waals surface area contributed by atoms with Crippen LogP contribution in [0.25, 0.3) is 0 Å². The fraction of sp³-hybridized carbons (Fsp3) is 0.680. The molecular formula is C25H42N2O5S. The molecule has 1 aromatic rings. The zero-order chi connectivity index (χ0) is 24.4. The second-order valence-corrected chi connectivity index (χ2v) is 10.8. The summed E-state index contributed by atoms with van der Waals surface area (Å²) in [6.07, 6.45) is 10.1. The quantitative estimate of drug-likeness (QED) is 0.216. The van der Waals surface area contributed by atoms with Crippen molar-refractivity contribution in [2.75, 3.05) is 30.0 Å². The molecule has 0 heterocycles. The van der Waals surface area contributed by atoms with Crippen molar-refractivity contribution in [3.8, 4) is 0 Å². The summed E-state index contributed by atoms with van der Waals surface area (Å²) in [7, 11) is -3.07. The second-order valence-electron chi connectivity index (χ2n) is 8.49. The molecule has 0 aromatic heterocycles. The number of urea groups is 1. The highest BCUT2D eigenvalue weighted by molar-refractivity contribution is 7.91. The molecule has 188 valence electrons. The van der Waals surface area contributed by atoms with Crippen molar-refractivity contribution in [2.45, 2.75) is 84.5 Å². The van der Waals surface area contributed by atoms with Crippen LogP contribution in [0.2, 0.25) is 0 Å². The van der Waals surface area contributed by atoms with E-state index in [1.165, 1.54) is 0 Å². The molecule has 0 bridgehead atoms. The Balaban J connectivity index is 1.96. The van der Waals surface area contributed by atoms with Crippen LogP contribution in [0.15, 0.2) is 24.3 Å². The third-order valence-electron chi connectivity index (χ3n) is 5.37. The molecule has 1 aromatic carbocycles. The molecule has 7 nitrogen and oxygen atoms in total. The lowest BCUT2D eigenvalue weighted by molar-refractivity contribution is -0.143. The summed E-state index contributed by atoms with van der Waals surface area (Å²) < 4.78 is 29.2. The van der Waals surface area contributed by atoms with Crippen molar-refractivity contribution >= 4 is 27.5 Å². The number of aryl methyl sites for hydroxylation is 1. The SMILES string of the molecule is CCOC(=O)CCCCCCCCCCCS(=O)(=O)CCCNC(=O)Nc1ccc(C)cc1. The molecule has 33 heavy (non-hydrogen) atoms. The van der Waals surface area contributed by atoms with Crippen molar-refractivity contribution < 1.29 is 22.7 Å². The first-order valence-corrected chi connectivity index (χ1v) is 14.1. The number of hydrogen-bond acceptors (Lipinski definition) is 5. The van der Waals surface area contributed by atoms with Gasteiger partial charge in [-0.3, -0.25) is 4.79 Å². The molecule has 0 aliphatic rings. The van der Waals surface area contributed by atoms with Crippen LogP contribution in [0.4, 0.5) is 10.5 Å². The Morgan fingerprint density at radius 3 is 1.97 bits per heavy atom. The maximum Gasteiger partial charge on any atom is 0.319 e. The van der Waals surface area contributed by atoms with E-state index >= 15 is 0 Å². The van der Waals surface area contributed by atoms with Crippen molar-refractivity contribution in [3.05, 3.63) is 29.8 Å². The van der Waals surface area contributed by atoms with Gasteiger partial charge in [0.2, 0.25) is 0 Å². The van der Waals surface area contributed by atoms with Crippen LogP contribution in [0.3, 0.4) is 0 Å². The number of esters is 1. The van der Waals surface area contributed by atoms with Gasteiger partial charge >= 0.3 is 12.0 Å². The lowest BCUT2D eigenvalue weighted by atomic mass is 10.1. The van der Waals surface area contributed by atoms with Crippen molar-refractivity contribution in [1.29, 1.82) is 0 Å². The largest absolute Gasteiger partial charge is 0.466 e. The number of amides is 2. The Kier molecular flexibility index (Phi) is 15.3. The molecule has 0 aliphatic heterocycles. The topological polar surface area (TPSA) is 102 Å². The van der Waals surface area contributed by atoms with E-state index in [9.17, 15) is 18.0 Å². The summed E-state index contributed by atoms with van der Waals surface area (Å²) in [5, 5.41) is 5.43. The van der Waals surface area contributed by atoms with Crippen molar-refractivity contribution in [1.82, 2.24) is 5.32 Å². The van der Waals surface area contributed by atoms with Gasteiger partial charge in [-0.05, 0) is 45.2 Å². The van der Waals surface area contributed by atoms with Gasteiger partial charge in [0.1, 0.15) is 9.84 Å². The van der Waals surface area contributed by atoms with Crippen LogP contribution >= 0.6 is 0 Å². The van der Waals surface area contributed by atoms with Gasteiger partial charge in [0, 0.05) is 18.7 Å². The maximum absolute atomic E-state index is 12.2. The van der Waals surface area contributed by atoms with Gasteiger partial charge in [-0.1, -0.05) is 62.6 Å². The van der Waals surface area contributed by atoms with Crippen molar-refractivity contribution in [2.24, 2.45) is 0 Å². The minimum absolute atomic E-state index is 0.101. The van der Waals surface area contributed by atoms with Crippen LogP contribution in [0.5, 0.6) is 0 Å². The van der Waals surface area contributed by atoms with Crippen LogP contribution in [-0.4, -0.2) is 45.1 Å². The lowest BCUT2D eigenvalue weighted by Crippen LogP contribution is -2.30. The molecular weight excluding hydrogens is 440 g/mol. The van der Waals surface area contributed by atoms with Crippen LogP contribution < -0.4 is 10.6 Å². The first-order valence-electron chi connectivity index (χ1n) is 12.3. The number of ether oxygens (including phenoxy) is 1. The van der Waals surface area contributed by atoms with E-state index in [0.717, 1.165) is 56.9 Å². The number of carbonyl (C=O) groups is 2. The van der Waals surface area contributed by atoms with E-state index in [4.69, 9.17) is 4.74 Å². The van der Waals surface area contributed by atoms with E-state index in [0.29, 0.717) is 38.1 Å². The van der Waals surface area contributed by atoms with E-state index in [2.05, 4.69) is 10.6 Å². The third kappa shape index (κ3) is 16.2.